The molecule has 0 saturated heterocycles. The molecule has 0 aliphatic heterocycles. The predicted octanol–water partition coefficient (Wildman–Crippen LogP) is 4.23. The van der Waals surface area contributed by atoms with Crippen LogP contribution in [-0.4, -0.2) is 27.3 Å². The molecule has 1 aliphatic rings. The van der Waals surface area contributed by atoms with Gasteiger partial charge in [0.25, 0.3) is 5.91 Å². The molecule has 1 N–H and O–H groups in total. The van der Waals surface area contributed by atoms with Crippen molar-refractivity contribution in [3.8, 4) is 17.5 Å². The Balaban J connectivity index is 1.56. The summed E-state index contributed by atoms with van der Waals surface area (Å²) in [6.45, 7) is 1.71. The molecule has 1 atom stereocenters. The van der Waals surface area contributed by atoms with Gasteiger partial charge >= 0.3 is 0 Å². The number of pyridine rings is 1. The van der Waals surface area contributed by atoms with Gasteiger partial charge < -0.3 is 9.84 Å². The first-order valence-electron chi connectivity index (χ1n) is 9.39. The van der Waals surface area contributed by atoms with Crippen LogP contribution in [0.2, 0.25) is 0 Å². The molecule has 1 amide bonds. The second-order valence-electron chi connectivity index (χ2n) is 7.02. The molecule has 1 unspecified atom stereocenters. The van der Waals surface area contributed by atoms with Crippen molar-refractivity contribution in [1.82, 2.24) is 20.4 Å². The molecule has 0 spiro atoms. The van der Waals surface area contributed by atoms with Crippen LogP contribution < -0.4 is 5.32 Å². The van der Waals surface area contributed by atoms with Gasteiger partial charge in [-0.05, 0) is 56.4 Å². The molecule has 1 aromatic carbocycles. The topological polar surface area (TPSA) is 105 Å². The van der Waals surface area contributed by atoms with Crippen molar-refractivity contribution in [2.45, 2.75) is 36.8 Å². The monoisotopic (exact) mass is 423 g/mol. The van der Waals surface area contributed by atoms with Gasteiger partial charge in [-0.2, -0.15) is 10.2 Å². The standard InChI is InChI=1S/C21H18FN5O2S/c1-11(20-26-18(27-29-20)13-5-7-14(22)8-6-13)24-19(28)15-9-17(12-3-4-12)25-21(30-2)16(15)10-23/h5-9,11-12H,3-4H2,1-2H3,(H,24,28). The van der Waals surface area contributed by atoms with Crippen LogP contribution in [0.5, 0.6) is 0 Å². The zero-order valence-electron chi connectivity index (χ0n) is 16.3. The maximum Gasteiger partial charge on any atom is 0.253 e. The number of amides is 1. The van der Waals surface area contributed by atoms with Crippen LogP contribution in [0.15, 0.2) is 39.9 Å². The molecule has 1 fully saturated rings. The maximum absolute atomic E-state index is 13.1. The van der Waals surface area contributed by atoms with Gasteiger partial charge in [-0.25, -0.2) is 9.37 Å². The van der Waals surface area contributed by atoms with Crippen molar-refractivity contribution in [3.63, 3.8) is 0 Å². The van der Waals surface area contributed by atoms with Crippen molar-refractivity contribution < 1.29 is 13.7 Å². The molecule has 0 radical (unpaired) electrons. The lowest BCUT2D eigenvalue weighted by molar-refractivity contribution is 0.0931. The predicted molar refractivity (Wildman–Crippen MR) is 108 cm³/mol. The van der Waals surface area contributed by atoms with Gasteiger partial charge in [0.1, 0.15) is 23.0 Å². The number of nitriles is 1. The largest absolute Gasteiger partial charge is 0.340 e. The zero-order chi connectivity index (χ0) is 21.3. The van der Waals surface area contributed by atoms with Crippen molar-refractivity contribution in [2.75, 3.05) is 6.26 Å². The number of carbonyl (C=O) groups is 1. The molecule has 1 aliphatic carbocycles. The molecule has 0 bridgehead atoms. The molecule has 3 aromatic rings. The molecule has 152 valence electrons. The van der Waals surface area contributed by atoms with Gasteiger partial charge in [0.2, 0.25) is 11.7 Å². The van der Waals surface area contributed by atoms with E-state index in [0.717, 1.165) is 18.5 Å². The molecule has 7 nitrogen and oxygen atoms in total. The van der Waals surface area contributed by atoms with E-state index < -0.39 is 11.9 Å². The number of hydrogen-bond donors (Lipinski definition) is 1. The molecule has 4 rings (SSSR count). The molecule has 9 heteroatoms. The average Bonchev–Trinajstić information content (AvgIpc) is 3.49. The first-order chi connectivity index (χ1) is 14.5. The van der Waals surface area contributed by atoms with Gasteiger partial charge in [-0.15, -0.1) is 11.8 Å². The quantitative estimate of drug-likeness (QED) is 0.592. The minimum Gasteiger partial charge on any atom is -0.340 e. The van der Waals surface area contributed by atoms with E-state index in [1.165, 1.54) is 23.9 Å². The number of rotatable bonds is 6. The number of halogens is 1. The van der Waals surface area contributed by atoms with E-state index in [4.69, 9.17) is 4.52 Å². The van der Waals surface area contributed by atoms with E-state index in [2.05, 4.69) is 26.5 Å². The lowest BCUT2D eigenvalue weighted by atomic mass is 10.1. The van der Waals surface area contributed by atoms with Crippen molar-refractivity contribution in [1.29, 1.82) is 5.26 Å². The van der Waals surface area contributed by atoms with E-state index in [1.807, 2.05) is 6.26 Å². The summed E-state index contributed by atoms with van der Waals surface area (Å²) < 4.78 is 18.4. The number of hydrogen-bond acceptors (Lipinski definition) is 7. The summed E-state index contributed by atoms with van der Waals surface area (Å²) in [5, 5.41) is 16.8. The second-order valence-corrected chi connectivity index (χ2v) is 7.82. The highest BCUT2D eigenvalue weighted by Gasteiger charge is 2.29. The zero-order valence-corrected chi connectivity index (χ0v) is 17.2. The van der Waals surface area contributed by atoms with Crippen LogP contribution in [0.3, 0.4) is 0 Å². The smallest absolute Gasteiger partial charge is 0.253 e. The van der Waals surface area contributed by atoms with Crippen LogP contribution in [0.25, 0.3) is 11.4 Å². The number of nitrogens with one attached hydrogen (secondary N) is 1. The normalized spacial score (nSPS) is 14.2. The lowest BCUT2D eigenvalue weighted by Gasteiger charge is -2.13. The first-order valence-corrected chi connectivity index (χ1v) is 10.6. The summed E-state index contributed by atoms with van der Waals surface area (Å²) in [5.41, 5.74) is 2.00. The third-order valence-corrected chi connectivity index (χ3v) is 5.50. The third-order valence-electron chi connectivity index (χ3n) is 4.81. The number of aromatic nitrogens is 3. The fourth-order valence-corrected chi connectivity index (χ4v) is 3.58. The highest BCUT2D eigenvalue weighted by Crippen LogP contribution is 2.40. The number of thioether (sulfide) groups is 1. The molecular formula is C21H18FN5O2S. The van der Waals surface area contributed by atoms with Crippen molar-refractivity contribution in [3.05, 3.63) is 58.9 Å². The summed E-state index contributed by atoms with van der Waals surface area (Å²) in [5.74, 6) is 0.0992. The Labute approximate surface area is 176 Å². The van der Waals surface area contributed by atoms with E-state index >= 15 is 0 Å². The summed E-state index contributed by atoms with van der Waals surface area (Å²) in [4.78, 5) is 21.8. The second kappa shape index (κ2) is 8.24. The van der Waals surface area contributed by atoms with E-state index in [-0.39, 0.29) is 17.3 Å². The number of carbonyl (C=O) groups excluding carboxylic acids is 1. The summed E-state index contributed by atoms with van der Waals surface area (Å²) >= 11 is 1.35. The maximum atomic E-state index is 13.1. The molecule has 2 heterocycles. The Morgan fingerprint density at radius 3 is 2.70 bits per heavy atom. The summed E-state index contributed by atoms with van der Waals surface area (Å²) in [7, 11) is 0. The van der Waals surface area contributed by atoms with Gasteiger partial charge in [0.15, 0.2) is 0 Å². The Kier molecular flexibility index (Phi) is 5.50. The van der Waals surface area contributed by atoms with Crippen molar-refractivity contribution in [2.24, 2.45) is 0 Å². The van der Waals surface area contributed by atoms with Crippen LogP contribution >= 0.6 is 11.8 Å². The molecular weight excluding hydrogens is 405 g/mol. The summed E-state index contributed by atoms with van der Waals surface area (Å²) in [6, 6.07) is 8.94. The van der Waals surface area contributed by atoms with Crippen LogP contribution in [0.4, 0.5) is 4.39 Å². The number of nitrogens with zero attached hydrogens (tertiary/aromatic N) is 4. The molecule has 2 aromatic heterocycles. The SMILES string of the molecule is CSc1nc(C2CC2)cc(C(=O)NC(C)c2nc(-c3ccc(F)cc3)no2)c1C#N. The minimum absolute atomic E-state index is 0.211. The third kappa shape index (κ3) is 4.04. The first kappa shape index (κ1) is 20.0. The van der Waals surface area contributed by atoms with Crippen LogP contribution in [-0.2, 0) is 0 Å². The fraction of sp³-hybridized carbons (Fsp3) is 0.286. The highest BCUT2D eigenvalue weighted by atomic mass is 32.2. The highest BCUT2D eigenvalue weighted by molar-refractivity contribution is 7.98. The van der Waals surface area contributed by atoms with Gasteiger partial charge in [0.05, 0.1) is 11.1 Å². The van der Waals surface area contributed by atoms with Gasteiger partial charge in [-0.1, -0.05) is 5.16 Å². The lowest BCUT2D eigenvalue weighted by Crippen LogP contribution is -2.28. The minimum atomic E-state index is -0.582. The van der Waals surface area contributed by atoms with E-state index in [9.17, 15) is 14.4 Å². The molecule has 1 saturated carbocycles. The Morgan fingerprint density at radius 1 is 1.33 bits per heavy atom. The Bertz CT molecular complexity index is 1140. The van der Waals surface area contributed by atoms with Gasteiger partial charge in [0, 0.05) is 17.2 Å². The van der Waals surface area contributed by atoms with Crippen LogP contribution in [0.1, 0.15) is 59.2 Å². The summed E-state index contributed by atoms with van der Waals surface area (Å²) in [6.07, 6.45) is 3.91. The van der Waals surface area contributed by atoms with E-state index in [1.54, 1.807) is 25.1 Å². The van der Waals surface area contributed by atoms with E-state index in [0.29, 0.717) is 27.9 Å². The average molecular weight is 423 g/mol. The number of benzene rings is 1. The van der Waals surface area contributed by atoms with Crippen molar-refractivity contribution >= 4 is 17.7 Å². The van der Waals surface area contributed by atoms with Crippen LogP contribution in [0, 0.1) is 17.1 Å². The van der Waals surface area contributed by atoms with Gasteiger partial charge in [-0.3, -0.25) is 4.79 Å². The fourth-order valence-electron chi connectivity index (χ4n) is 3.03. The Hall–Kier alpha value is -3.25. The Morgan fingerprint density at radius 2 is 2.07 bits per heavy atom. The molecule has 30 heavy (non-hydrogen) atoms.